The van der Waals surface area contributed by atoms with Crippen molar-refractivity contribution in [2.24, 2.45) is 0 Å². The molecule has 0 radical (unpaired) electrons. The number of benzene rings is 2. The van der Waals surface area contributed by atoms with Gasteiger partial charge in [0.1, 0.15) is 12.4 Å². The van der Waals surface area contributed by atoms with Gasteiger partial charge < -0.3 is 30.1 Å². The van der Waals surface area contributed by atoms with E-state index in [2.05, 4.69) is 42.5 Å². The van der Waals surface area contributed by atoms with Crippen LogP contribution in [0.3, 0.4) is 0 Å². The van der Waals surface area contributed by atoms with Crippen molar-refractivity contribution in [3.05, 3.63) is 54.7 Å². The second-order valence-electron chi connectivity index (χ2n) is 11.7. The van der Waals surface area contributed by atoms with E-state index in [1.54, 1.807) is 18.3 Å². The minimum absolute atomic E-state index is 0.129. The fourth-order valence-corrected chi connectivity index (χ4v) is 6.18. The molecule has 2 bridgehead atoms. The minimum Gasteiger partial charge on any atom is -0.371 e. The van der Waals surface area contributed by atoms with Crippen LogP contribution in [0.15, 0.2) is 54.7 Å². The molecule has 13 heteroatoms. The normalized spacial score (nSPS) is 20.5. The number of urea groups is 1. The summed E-state index contributed by atoms with van der Waals surface area (Å²) in [6, 6.07) is 14.6. The Morgan fingerprint density at radius 3 is 2.18 bits per heavy atom. The molecule has 5 heterocycles. The summed E-state index contributed by atoms with van der Waals surface area (Å²) in [6.45, 7) is 4.82. The van der Waals surface area contributed by atoms with Crippen molar-refractivity contribution < 1.29 is 18.3 Å². The van der Waals surface area contributed by atoms with Crippen LogP contribution in [-0.2, 0) is 11.3 Å². The summed E-state index contributed by atoms with van der Waals surface area (Å²) in [6.07, 6.45) is 1.26. The number of fused-ring (bicyclic) bond motifs is 3. The third kappa shape index (κ3) is 6.02. The van der Waals surface area contributed by atoms with Crippen LogP contribution in [-0.4, -0.2) is 95.6 Å². The number of amides is 2. The summed E-state index contributed by atoms with van der Waals surface area (Å²) in [4.78, 5) is 29.1. The number of likely N-dealkylation sites (N-methyl/N-ethyl adjacent to an activating group) is 1. The monoisotopic (exact) mass is 603 g/mol. The average molecular weight is 604 g/mol. The van der Waals surface area contributed by atoms with Crippen LogP contribution in [0.25, 0.3) is 22.4 Å². The summed E-state index contributed by atoms with van der Waals surface area (Å²) >= 11 is 0. The van der Waals surface area contributed by atoms with E-state index in [9.17, 15) is 13.6 Å². The largest absolute Gasteiger partial charge is 0.371 e. The van der Waals surface area contributed by atoms with Gasteiger partial charge in [-0.3, -0.25) is 0 Å². The van der Waals surface area contributed by atoms with Crippen LogP contribution in [0.2, 0.25) is 0 Å². The van der Waals surface area contributed by atoms with Crippen molar-refractivity contribution in [2.75, 3.05) is 66.7 Å². The number of aromatic nitrogens is 4. The molecule has 2 amide bonds. The molecule has 3 saturated heterocycles. The molecule has 3 fully saturated rings. The van der Waals surface area contributed by atoms with Gasteiger partial charge >= 0.3 is 6.03 Å². The first-order valence-corrected chi connectivity index (χ1v) is 15.0. The summed E-state index contributed by atoms with van der Waals surface area (Å²) in [5, 5.41) is 10.6. The summed E-state index contributed by atoms with van der Waals surface area (Å²) in [5.74, 6) is 1.07. The lowest BCUT2D eigenvalue weighted by Crippen LogP contribution is -2.44. The number of alkyl halides is 2. The van der Waals surface area contributed by atoms with E-state index in [0.717, 1.165) is 44.7 Å². The molecule has 11 nitrogen and oxygen atoms in total. The lowest BCUT2D eigenvalue weighted by molar-refractivity contribution is 0.0303. The van der Waals surface area contributed by atoms with Gasteiger partial charge in [-0.1, -0.05) is 0 Å². The SMILES string of the molecule is CN1CCN(c2ccc(NC(=O)Nc3ccc(-c4nc(N5CC6CCC(C5)O6)c5cnn(CC(F)F)c5n4)cc3)cc2)CC1. The fraction of sp³-hybridized carbons (Fsp3) is 0.419. The highest BCUT2D eigenvalue weighted by Crippen LogP contribution is 2.34. The topological polar surface area (TPSA) is 104 Å². The summed E-state index contributed by atoms with van der Waals surface area (Å²) in [7, 11) is 2.13. The lowest BCUT2D eigenvalue weighted by Gasteiger charge is -2.34. The van der Waals surface area contributed by atoms with Crippen molar-refractivity contribution >= 4 is 39.9 Å². The summed E-state index contributed by atoms with van der Waals surface area (Å²) < 4.78 is 33.9. The number of nitrogens with zero attached hydrogens (tertiary/aromatic N) is 7. The first kappa shape index (κ1) is 28.4. The predicted octanol–water partition coefficient (Wildman–Crippen LogP) is 4.52. The molecule has 44 heavy (non-hydrogen) atoms. The summed E-state index contributed by atoms with van der Waals surface area (Å²) in [5.41, 5.74) is 3.49. The van der Waals surface area contributed by atoms with Crippen LogP contribution < -0.4 is 20.4 Å². The lowest BCUT2D eigenvalue weighted by atomic mass is 10.2. The molecule has 3 aliphatic heterocycles. The first-order chi connectivity index (χ1) is 21.4. The molecule has 0 aliphatic carbocycles. The van der Waals surface area contributed by atoms with E-state index in [1.807, 2.05) is 36.4 Å². The van der Waals surface area contributed by atoms with Gasteiger partial charge in [0.25, 0.3) is 6.43 Å². The quantitative estimate of drug-likeness (QED) is 0.318. The molecule has 230 valence electrons. The van der Waals surface area contributed by atoms with Gasteiger partial charge in [0.2, 0.25) is 0 Å². The molecule has 2 aromatic heterocycles. The van der Waals surface area contributed by atoms with Gasteiger partial charge in [0.15, 0.2) is 11.5 Å². The van der Waals surface area contributed by atoms with Crippen molar-refractivity contribution in [2.45, 2.75) is 38.0 Å². The van der Waals surface area contributed by atoms with E-state index in [0.29, 0.717) is 52.7 Å². The molecule has 4 aromatic rings. The maximum Gasteiger partial charge on any atom is 0.323 e. The highest BCUT2D eigenvalue weighted by Gasteiger charge is 2.35. The Hall–Kier alpha value is -4.36. The van der Waals surface area contributed by atoms with Gasteiger partial charge in [-0.05, 0) is 68.4 Å². The zero-order valence-corrected chi connectivity index (χ0v) is 24.5. The van der Waals surface area contributed by atoms with Crippen LogP contribution in [0.1, 0.15) is 12.8 Å². The third-order valence-electron chi connectivity index (χ3n) is 8.52. The second-order valence-corrected chi connectivity index (χ2v) is 11.7. The predicted molar refractivity (Wildman–Crippen MR) is 166 cm³/mol. The number of carbonyl (C=O) groups excluding carboxylic acids is 1. The van der Waals surface area contributed by atoms with E-state index >= 15 is 0 Å². The molecule has 2 atom stereocenters. The molecule has 2 unspecified atom stereocenters. The number of piperazine rings is 1. The van der Waals surface area contributed by atoms with Gasteiger partial charge in [0, 0.05) is 61.9 Å². The molecule has 0 saturated carbocycles. The number of halogens is 2. The number of carbonyl (C=O) groups is 1. The first-order valence-electron chi connectivity index (χ1n) is 15.0. The fourth-order valence-electron chi connectivity index (χ4n) is 6.18. The molecule has 0 spiro atoms. The number of morpholine rings is 1. The maximum atomic E-state index is 13.3. The second kappa shape index (κ2) is 12.0. The van der Waals surface area contributed by atoms with Crippen molar-refractivity contribution in [1.82, 2.24) is 24.6 Å². The number of ether oxygens (including phenoxy) is 1. The Kier molecular flexibility index (Phi) is 7.73. The number of hydrogen-bond donors (Lipinski definition) is 2. The zero-order valence-electron chi connectivity index (χ0n) is 24.5. The number of hydrogen-bond acceptors (Lipinski definition) is 8. The van der Waals surface area contributed by atoms with E-state index in [1.165, 1.54) is 4.68 Å². The van der Waals surface area contributed by atoms with Gasteiger partial charge in [-0.2, -0.15) is 5.10 Å². The van der Waals surface area contributed by atoms with Crippen molar-refractivity contribution in [1.29, 1.82) is 0 Å². The Bertz CT molecular complexity index is 1610. The Morgan fingerprint density at radius 1 is 0.909 bits per heavy atom. The number of rotatable bonds is 7. The van der Waals surface area contributed by atoms with E-state index in [4.69, 9.17) is 9.72 Å². The molecule has 2 aromatic carbocycles. The Morgan fingerprint density at radius 2 is 1.55 bits per heavy atom. The van der Waals surface area contributed by atoms with Crippen molar-refractivity contribution in [3.63, 3.8) is 0 Å². The van der Waals surface area contributed by atoms with Crippen LogP contribution in [0.4, 0.5) is 36.5 Å². The Labute approximate surface area is 253 Å². The molecule has 2 N–H and O–H groups in total. The van der Waals surface area contributed by atoms with Crippen LogP contribution >= 0.6 is 0 Å². The standard InChI is InChI=1S/C31H35F2N9O2/c1-39-12-14-40(15-13-39)23-8-6-22(7-9-23)36-31(43)35-21-4-2-20(3-5-21)28-37-29(41-17-24-10-11-25(18-41)44-24)26-16-34-42(19-27(32)33)30(26)38-28/h2-9,16,24-25,27H,10-15,17-19H2,1H3,(H2,35,36,43). The van der Waals surface area contributed by atoms with Crippen LogP contribution in [0, 0.1) is 0 Å². The highest BCUT2D eigenvalue weighted by atomic mass is 19.3. The van der Waals surface area contributed by atoms with E-state index < -0.39 is 13.0 Å². The molecule has 3 aliphatic rings. The zero-order chi connectivity index (χ0) is 30.2. The smallest absolute Gasteiger partial charge is 0.323 e. The molecular formula is C31H35F2N9O2. The average Bonchev–Trinajstić information content (AvgIpc) is 3.58. The van der Waals surface area contributed by atoms with Gasteiger partial charge in [-0.25, -0.2) is 28.2 Å². The van der Waals surface area contributed by atoms with E-state index in [-0.39, 0.29) is 18.2 Å². The van der Waals surface area contributed by atoms with Crippen molar-refractivity contribution in [3.8, 4) is 11.4 Å². The molecular weight excluding hydrogens is 568 g/mol. The third-order valence-corrected chi connectivity index (χ3v) is 8.52. The highest BCUT2D eigenvalue weighted by molar-refractivity contribution is 6.00. The number of nitrogens with one attached hydrogen (secondary N) is 2. The number of anilines is 4. The Balaban J connectivity index is 1.06. The van der Waals surface area contributed by atoms with Gasteiger partial charge in [0.05, 0.1) is 23.8 Å². The molecule has 7 rings (SSSR count). The van der Waals surface area contributed by atoms with Crippen LogP contribution in [0.5, 0.6) is 0 Å². The maximum absolute atomic E-state index is 13.3. The minimum atomic E-state index is -2.56. The van der Waals surface area contributed by atoms with Gasteiger partial charge in [-0.15, -0.1) is 0 Å².